The van der Waals surface area contributed by atoms with Gasteiger partial charge in [0, 0.05) is 52.0 Å². The van der Waals surface area contributed by atoms with Crippen molar-refractivity contribution < 1.29 is 4.79 Å². The SMILES string of the molecule is CCCNC(=O)CCNC(=NC)NCCCn1cccn1. The molecule has 1 aromatic rings. The summed E-state index contributed by atoms with van der Waals surface area (Å²) in [7, 11) is 1.72. The van der Waals surface area contributed by atoms with Crippen LogP contribution in [-0.4, -0.2) is 48.3 Å². The normalized spacial score (nSPS) is 11.2. The molecule has 118 valence electrons. The number of carbonyl (C=O) groups excluding carboxylic acids is 1. The van der Waals surface area contributed by atoms with Crippen molar-refractivity contribution in [2.45, 2.75) is 32.7 Å². The molecule has 21 heavy (non-hydrogen) atoms. The number of carbonyl (C=O) groups is 1. The summed E-state index contributed by atoms with van der Waals surface area (Å²) in [6.45, 7) is 5.03. The Morgan fingerprint density at radius 3 is 2.71 bits per heavy atom. The van der Waals surface area contributed by atoms with Gasteiger partial charge in [0.25, 0.3) is 0 Å². The largest absolute Gasteiger partial charge is 0.356 e. The third kappa shape index (κ3) is 7.96. The molecule has 1 heterocycles. The second-order valence-corrected chi connectivity index (χ2v) is 4.65. The second kappa shape index (κ2) is 10.7. The molecule has 0 radical (unpaired) electrons. The van der Waals surface area contributed by atoms with E-state index in [1.165, 1.54) is 0 Å². The maximum Gasteiger partial charge on any atom is 0.221 e. The van der Waals surface area contributed by atoms with Gasteiger partial charge in [-0.1, -0.05) is 6.92 Å². The highest BCUT2D eigenvalue weighted by atomic mass is 16.1. The number of aromatic nitrogens is 2. The first kappa shape index (κ1) is 17.0. The monoisotopic (exact) mass is 294 g/mol. The number of aryl methyl sites for hydroxylation is 1. The highest BCUT2D eigenvalue weighted by Crippen LogP contribution is 1.88. The first-order chi connectivity index (χ1) is 10.3. The maximum atomic E-state index is 11.4. The van der Waals surface area contributed by atoms with Gasteiger partial charge in [0.2, 0.25) is 5.91 Å². The topological polar surface area (TPSA) is 83.3 Å². The quantitative estimate of drug-likeness (QED) is 0.349. The van der Waals surface area contributed by atoms with Gasteiger partial charge in [-0.2, -0.15) is 5.10 Å². The van der Waals surface area contributed by atoms with Gasteiger partial charge in [-0.15, -0.1) is 0 Å². The first-order valence-electron chi connectivity index (χ1n) is 7.45. The van der Waals surface area contributed by atoms with E-state index in [0.717, 1.165) is 38.4 Å². The number of amides is 1. The van der Waals surface area contributed by atoms with Crippen LogP contribution in [0.1, 0.15) is 26.2 Å². The van der Waals surface area contributed by atoms with Gasteiger partial charge in [0.1, 0.15) is 0 Å². The van der Waals surface area contributed by atoms with Crippen molar-refractivity contribution in [3.05, 3.63) is 18.5 Å². The Labute approximate surface area is 126 Å². The average Bonchev–Trinajstić information content (AvgIpc) is 3.00. The predicted molar refractivity (Wildman–Crippen MR) is 84.1 cm³/mol. The van der Waals surface area contributed by atoms with Crippen molar-refractivity contribution in [3.63, 3.8) is 0 Å². The van der Waals surface area contributed by atoms with Crippen molar-refractivity contribution in [3.8, 4) is 0 Å². The Balaban J connectivity index is 2.07. The van der Waals surface area contributed by atoms with E-state index in [4.69, 9.17) is 0 Å². The lowest BCUT2D eigenvalue weighted by atomic mass is 10.3. The molecule has 1 amide bonds. The molecule has 0 aliphatic heterocycles. The molecular weight excluding hydrogens is 268 g/mol. The Hall–Kier alpha value is -2.05. The number of aliphatic imine (C=N–C) groups is 1. The molecule has 0 bridgehead atoms. The van der Waals surface area contributed by atoms with Crippen molar-refractivity contribution in [2.75, 3.05) is 26.7 Å². The summed E-state index contributed by atoms with van der Waals surface area (Å²) >= 11 is 0. The lowest BCUT2D eigenvalue weighted by molar-refractivity contribution is -0.120. The smallest absolute Gasteiger partial charge is 0.221 e. The summed E-state index contributed by atoms with van der Waals surface area (Å²) < 4.78 is 1.90. The second-order valence-electron chi connectivity index (χ2n) is 4.65. The lowest BCUT2D eigenvalue weighted by Crippen LogP contribution is -2.39. The molecule has 0 unspecified atom stereocenters. The summed E-state index contributed by atoms with van der Waals surface area (Å²) in [5, 5.41) is 13.3. The Bertz CT molecular complexity index is 415. The molecule has 3 N–H and O–H groups in total. The summed E-state index contributed by atoms with van der Waals surface area (Å²) in [5.74, 6) is 0.789. The highest BCUT2D eigenvalue weighted by Gasteiger charge is 2.01. The Morgan fingerprint density at radius 2 is 2.05 bits per heavy atom. The lowest BCUT2D eigenvalue weighted by Gasteiger charge is -2.11. The molecule has 0 saturated carbocycles. The minimum atomic E-state index is 0.0680. The molecule has 0 aliphatic carbocycles. The molecule has 0 aliphatic rings. The minimum Gasteiger partial charge on any atom is -0.356 e. The van der Waals surface area contributed by atoms with Gasteiger partial charge in [0.15, 0.2) is 5.96 Å². The predicted octanol–water partition coefficient (Wildman–Crippen LogP) is 0.355. The van der Waals surface area contributed by atoms with Crippen LogP contribution in [0.5, 0.6) is 0 Å². The van der Waals surface area contributed by atoms with Crippen molar-refractivity contribution in [2.24, 2.45) is 4.99 Å². The Kier molecular flexibility index (Phi) is 8.67. The number of rotatable bonds is 9. The standard InChI is InChI=1S/C14H26N6O/c1-3-7-16-13(21)6-10-18-14(15-2)17-8-4-11-20-12-5-9-19-20/h5,9,12H,3-4,6-8,10-11H2,1-2H3,(H,16,21)(H2,15,17,18). The number of hydrogen-bond acceptors (Lipinski definition) is 3. The van der Waals surface area contributed by atoms with Crippen molar-refractivity contribution in [1.82, 2.24) is 25.7 Å². The number of hydrogen-bond donors (Lipinski definition) is 3. The van der Waals surface area contributed by atoms with Gasteiger partial charge in [-0.25, -0.2) is 0 Å². The zero-order valence-electron chi connectivity index (χ0n) is 12.9. The molecule has 0 saturated heterocycles. The number of nitrogens with one attached hydrogen (secondary N) is 3. The van der Waals surface area contributed by atoms with Gasteiger partial charge in [-0.05, 0) is 18.9 Å². The fourth-order valence-corrected chi connectivity index (χ4v) is 1.75. The van der Waals surface area contributed by atoms with E-state index in [1.807, 2.05) is 23.9 Å². The third-order valence-corrected chi connectivity index (χ3v) is 2.86. The number of nitrogens with zero attached hydrogens (tertiary/aromatic N) is 3. The number of guanidine groups is 1. The van der Waals surface area contributed by atoms with Crippen LogP contribution in [0.25, 0.3) is 0 Å². The van der Waals surface area contributed by atoms with Crippen LogP contribution in [-0.2, 0) is 11.3 Å². The summed E-state index contributed by atoms with van der Waals surface area (Å²) in [5.41, 5.74) is 0. The zero-order valence-corrected chi connectivity index (χ0v) is 12.9. The first-order valence-corrected chi connectivity index (χ1v) is 7.45. The summed E-state index contributed by atoms with van der Waals surface area (Å²) in [6.07, 6.45) is 6.09. The van der Waals surface area contributed by atoms with Gasteiger partial charge in [-0.3, -0.25) is 14.5 Å². The summed E-state index contributed by atoms with van der Waals surface area (Å²) in [4.78, 5) is 15.6. The van der Waals surface area contributed by atoms with E-state index in [2.05, 4.69) is 26.0 Å². The minimum absolute atomic E-state index is 0.0680. The summed E-state index contributed by atoms with van der Waals surface area (Å²) in [6, 6.07) is 1.91. The average molecular weight is 294 g/mol. The van der Waals surface area contributed by atoms with Gasteiger partial charge >= 0.3 is 0 Å². The fraction of sp³-hybridized carbons (Fsp3) is 0.643. The van der Waals surface area contributed by atoms with E-state index < -0.39 is 0 Å². The fourth-order valence-electron chi connectivity index (χ4n) is 1.75. The van der Waals surface area contributed by atoms with E-state index in [9.17, 15) is 4.79 Å². The van der Waals surface area contributed by atoms with Crippen LogP contribution in [0.3, 0.4) is 0 Å². The van der Waals surface area contributed by atoms with Crippen LogP contribution in [0, 0.1) is 0 Å². The molecule has 0 fully saturated rings. The van der Waals surface area contributed by atoms with E-state index >= 15 is 0 Å². The van der Waals surface area contributed by atoms with Crippen LogP contribution in [0.2, 0.25) is 0 Å². The maximum absolute atomic E-state index is 11.4. The van der Waals surface area contributed by atoms with E-state index in [-0.39, 0.29) is 5.91 Å². The molecule has 1 aromatic heterocycles. The van der Waals surface area contributed by atoms with Crippen LogP contribution < -0.4 is 16.0 Å². The van der Waals surface area contributed by atoms with Crippen molar-refractivity contribution in [1.29, 1.82) is 0 Å². The van der Waals surface area contributed by atoms with Crippen LogP contribution in [0.4, 0.5) is 0 Å². The molecule has 0 spiro atoms. The molecule has 7 heteroatoms. The van der Waals surface area contributed by atoms with Crippen LogP contribution in [0.15, 0.2) is 23.5 Å². The van der Waals surface area contributed by atoms with Crippen LogP contribution >= 0.6 is 0 Å². The van der Waals surface area contributed by atoms with E-state index in [1.54, 1.807) is 13.2 Å². The molecular formula is C14H26N6O. The molecule has 7 nitrogen and oxygen atoms in total. The van der Waals surface area contributed by atoms with E-state index in [0.29, 0.717) is 13.0 Å². The Morgan fingerprint density at radius 1 is 1.24 bits per heavy atom. The zero-order chi connectivity index (χ0) is 15.3. The molecule has 0 aromatic carbocycles. The molecule has 0 atom stereocenters. The van der Waals surface area contributed by atoms with Gasteiger partial charge < -0.3 is 16.0 Å². The van der Waals surface area contributed by atoms with Gasteiger partial charge in [0.05, 0.1) is 0 Å². The van der Waals surface area contributed by atoms with Crippen molar-refractivity contribution >= 4 is 11.9 Å². The third-order valence-electron chi connectivity index (χ3n) is 2.86. The molecule has 1 rings (SSSR count). The highest BCUT2D eigenvalue weighted by molar-refractivity contribution is 5.81.